The molecule has 4 heteroatoms. The maximum atomic E-state index is 14.2. The molecule has 0 spiro atoms. The molecule has 1 heterocycles. The van der Waals surface area contributed by atoms with Gasteiger partial charge in [0.25, 0.3) is 0 Å². The summed E-state index contributed by atoms with van der Waals surface area (Å²) >= 11 is 3.41. The highest BCUT2D eigenvalue weighted by Crippen LogP contribution is 2.30. The van der Waals surface area contributed by atoms with Crippen LogP contribution in [0.3, 0.4) is 0 Å². The molecule has 1 aromatic carbocycles. The first kappa shape index (κ1) is 11.9. The van der Waals surface area contributed by atoms with E-state index in [9.17, 15) is 4.39 Å². The van der Waals surface area contributed by atoms with Crippen LogP contribution in [0.2, 0.25) is 0 Å². The summed E-state index contributed by atoms with van der Waals surface area (Å²) in [5.41, 5.74) is -0.0903. The first-order valence-corrected chi connectivity index (χ1v) is 6.14. The van der Waals surface area contributed by atoms with Crippen LogP contribution in [0.1, 0.15) is 12.0 Å². The smallest absolute Gasteiger partial charge is 0.133 e. The lowest BCUT2D eigenvalue weighted by atomic mass is 9.95. The van der Waals surface area contributed by atoms with E-state index in [0.717, 1.165) is 22.3 Å². The Morgan fingerprint density at radius 1 is 1.56 bits per heavy atom. The standard InChI is InChI=1S/C12H15BrFNO/c1-16-11-3-2-9(6-10(11)13)7-12(14)4-5-15-8-12/h2-3,6,15H,4-5,7-8H2,1H3. The SMILES string of the molecule is COc1ccc(CC2(F)CCNC2)cc1Br. The van der Waals surface area contributed by atoms with E-state index < -0.39 is 5.67 Å². The number of nitrogens with one attached hydrogen (secondary N) is 1. The summed E-state index contributed by atoms with van der Waals surface area (Å²) in [7, 11) is 1.62. The first-order valence-electron chi connectivity index (χ1n) is 5.35. The summed E-state index contributed by atoms with van der Waals surface area (Å²) in [6.45, 7) is 1.23. The van der Waals surface area contributed by atoms with Gasteiger partial charge < -0.3 is 10.1 Å². The van der Waals surface area contributed by atoms with E-state index in [1.54, 1.807) is 7.11 Å². The highest BCUT2D eigenvalue weighted by molar-refractivity contribution is 9.10. The van der Waals surface area contributed by atoms with Gasteiger partial charge in [0.05, 0.1) is 11.6 Å². The van der Waals surface area contributed by atoms with Crippen LogP contribution in [0, 0.1) is 0 Å². The lowest BCUT2D eigenvalue weighted by Gasteiger charge is -2.18. The van der Waals surface area contributed by atoms with Gasteiger partial charge in [-0.3, -0.25) is 0 Å². The fourth-order valence-electron chi connectivity index (χ4n) is 2.05. The third-order valence-corrected chi connectivity index (χ3v) is 3.55. The Morgan fingerprint density at radius 3 is 2.94 bits per heavy atom. The van der Waals surface area contributed by atoms with Gasteiger partial charge in [-0.25, -0.2) is 4.39 Å². The molecule has 0 radical (unpaired) electrons. The molecule has 2 rings (SSSR count). The first-order chi connectivity index (χ1) is 7.63. The van der Waals surface area contributed by atoms with Gasteiger partial charge in [0.2, 0.25) is 0 Å². The predicted octanol–water partition coefficient (Wildman–Crippen LogP) is 2.70. The lowest BCUT2D eigenvalue weighted by Crippen LogP contribution is -2.28. The molecule has 1 fully saturated rings. The van der Waals surface area contributed by atoms with Crippen LogP contribution in [0.15, 0.2) is 22.7 Å². The number of hydrogen-bond donors (Lipinski definition) is 1. The van der Waals surface area contributed by atoms with Crippen LogP contribution >= 0.6 is 15.9 Å². The molecule has 1 saturated heterocycles. The molecule has 88 valence electrons. The van der Waals surface area contributed by atoms with Crippen molar-refractivity contribution in [3.63, 3.8) is 0 Å². The van der Waals surface area contributed by atoms with Crippen LogP contribution < -0.4 is 10.1 Å². The zero-order valence-electron chi connectivity index (χ0n) is 9.22. The Kier molecular flexibility index (Phi) is 3.50. The number of rotatable bonds is 3. The van der Waals surface area contributed by atoms with E-state index in [1.165, 1.54) is 0 Å². The van der Waals surface area contributed by atoms with E-state index in [4.69, 9.17) is 4.74 Å². The summed E-state index contributed by atoms with van der Waals surface area (Å²) < 4.78 is 20.2. The molecule has 16 heavy (non-hydrogen) atoms. The molecule has 0 saturated carbocycles. The normalized spacial score (nSPS) is 24.7. The van der Waals surface area contributed by atoms with E-state index in [-0.39, 0.29) is 0 Å². The molecule has 0 bridgehead atoms. The van der Waals surface area contributed by atoms with Crippen LogP contribution in [0.25, 0.3) is 0 Å². The summed E-state index contributed by atoms with van der Waals surface area (Å²) in [6.07, 6.45) is 1.05. The average Bonchev–Trinajstić information content (AvgIpc) is 2.65. The zero-order valence-corrected chi connectivity index (χ0v) is 10.8. The Labute approximate surface area is 103 Å². The third-order valence-electron chi connectivity index (χ3n) is 2.93. The van der Waals surface area contributed by atoms with E-state index in [2.05, 4.69) is 21.2 Å². The van der Waals surface area contributed by atoms with Gasteiger partial charge in [0, 0.05) is 13.0 Å². The van der Waals surface area contributed by atoms with Crippen molar-refractivity contribution in [2.75, 3.05) is 20.2 Å². The molecular formula is C12H15BrFNO. The lowest BCUT2D eigenvalue weighted by molar-refractivity contribution is 0.190. The largest absolute Gasteiger partial charge is 0.496 e. The second-order valence-corrected chi connectivity index (χ2v) is 5.08. The quantitative estimate of drug-likeness (QED) is 0.923. The van der Waals surface area contributed by atoms with Gasteiger partial charge in [-0.05, 0) is 46.6 Å². The molecule has 1 N–H and O–H groups in total. The van der Waals surface area contributed by atoms with E-state index in [0.29, 0.717) is 19.4 Å². The molecule has 1 aliphatic rings. The van der Waals surface area contributed by atoms with Crippen molar-refractivity contribution in [3.8, 4) is 5.75 Å². The molecular weight excluding hydrogens is 273 g/mol. The molecule has 1 aliphatic heterocycles. The molecule has 0 aliphatic carbocycles. The van der Waals surface area contributed by atoms with Crippen molar-refractivity contribution in [2.45, 2.75) is 18.5 Å². The highest BCUT2D eigenvalue weighted by Gasteiger charge is 2.33. The topological polar surface area (TPSA) is 21.3 Å². The van der Waals surface area contributed by atoms with Crippen LogP contribution in [-0.4, -0.2) is 25.9 Å². The molecule has 0 aromatic heterocycles. The van der Waals surface area contributed by atoms with Crippen molar-refractivity contribution in [1.82, 2.24) is 5.32 Å². The second kappa shape index (κ2) is 4.72. The van der Waals surface area contributed by atoms with Crippen LogP contribution in [-0.2, 0) is 6.42 Å². The zero-order chi connectivity index (χ0) is 11.6. The van der Waals surface area contributed by atoms with Gasteiger partial charge in [0.15, 0.2) is 0 Å². The number of hydrogen-bond acceptors (Lipinski definition) is 2. The molecule has 1 unspecified atom stereocenters. The maximum Gasteiger partial charge on any atom is 0.133 e. The predicted molar refractivity (Wildman–Crippen MR) is 65.7 cm³/mol. The minimum Gasteiger partial charge on any atom is -0.496 e. The van der Waals surface area contributed by atoms with Crippen molar-refractivity contribution < 1.29 is 9.13 Å². The fraction of sp³-hybridized carbons (Fsp3) is 0.500. The highest BCUT2D eigenvalue weighted by atomic mass is 79.9. The molecule has 1 aromatic rings. The third kappa shape index (κ3) is 2.55. The van der Waals surface area contributed by atoms with Gasteiger partial charge in [0.1, 0.15) is 11.4 Å². The van der Waals surface area contributed by atoms with Crippen molar-refractivity contribution >= 4 is 15.9 Å². The monoisotopic (exact) mass is 287 g/mol. The minimum absolute atomic E-state index is 0.455. The van der Waals surface area contributed by atoms with Crippen molar-refractivity contribution in [3.05, 3.63) is 28.2 Å². The summed E-state index contributed by atoms with van der Waals surface area (Å²) in [5.74, 6) is 0.779. The van der Waals surface area contributed by atoms with E-state index in [1.807, 2.05) is 18.2 Å². The van der Waals surface area contributed by atoms with Crippen LogP contribution in [0.5, 0.6) is 5.75 Å². The van der Waals surface area contributed by atoms with Crippen LogP contribution in [0.4, 0.5) is 4.39 Å². The Morgan fingerprint density at radius 2 is 2.38 bits per heavy atom. The molecule has 0 amide bonds. The van der Waals surface area contributed by atoms with Crippen molar-refractivity contribution in [2.24, 2.45) is 0 Å². The number of methoxy groups -OCH3 is 1. The molecule has 1 atom stereocenters. The Balaban J connectivity index is 2.13. The molecule has 2 nitrogen and oxygen atoms in total. The maximum absolute atomic E-state index is 14.2. The number of halogens is 2. The fourth-order valence-corrected chi connectivity index (χ4v) is 2.64. The summed E-state index contributed by atoms with van der Waals surface area (Å²) in [5, 5.41) is 3.06. The van der Waals surface area contributed by atoms with Gasteiger partial charge >= 0.3 is 0 Å². The van der Waals surface area contributed by atoms with Gasteiger partial charge in [-0.15, -0.1) is 0 Å². The van der Waals surface area contributed by atoms with Gasteiger partial charge in [-0.1, -0.05) is 6.07 Å². The summed E-state index contributed by atoms with van der Waals surface area (Å²) in [4.78, 5) is 0. The van der Waals surface area contributed by atoms with E-state index >= 15 is 0 Å². The van der Waals surface area contributed by atoms with Crippen molar-refractivity contribution in [1.29, 1.82) is 0 Å². The number of alkyl halides is 1. The minimum atomic E-state index is -1.09. The number of ether oxygens (including phenoxy) is 1. The van der Waals surface area contributed by atoms with Gasteiger partial charge in [-0.2, -0.15) is 0 Å². The Hall–Kier alpha value is -0.610. The average molecular weight is 288 g/mol. The second-order valence-electron chi connectivity index (χ2n) is 4.22. The Bertz CT molecular complexity index is 377. The summed E-state index contributed by atoms with van der Waals surface area (Å²) in [6, 6.07) is 5.72. The number of benzene rings is 1.